The molecule has 1 fully saturated rings. The van der Waals surface area contributed by atoms with E-state index in [1.807, 2.05) is 6.92 Å². The number of nitrogens with zero attached hydrogens (tertiary/aromatic N) is 2. The number of carboxylic acids is 1. The van der Waals surface area contributed by atoms with E-state index < -0.39 is 12.0 Å². The Kier molecular flexibility index (Phi) is 6.78. The van der Waals surface area contributed by atoms with Gasteiger partial charge in [-0.15, -0.1) is 0 Å². The zero-order valence-electron chi connectivity index (χ0n) is 12.8. The fourth-order valence-electron chi connectivity index (χ4n) is 2.59. The van der Waals surface area contributed by atoms with Gasteiger partial charge in [-0.05, 0) is 25.8 Å². The Labute approximate surface area is 121 Å². The summed E-state index contributed by atoms with van der Waals surface area (Å²) in [5, 5.41) is 11.7. The summed E-state index contributed by atoms with van der Waals surface area (Å²) in [7, 11) is 1.76. The predicted molar refractivity (Wildman–Crippen MR) is 77.8 cm³/mol. The molecule has 1 aliphatic heterocycles. The van der Waals surface area contributed by atoms with Crippen molar-refractivity contribution in [1.82, 2.24) is 15.1 Å². The average Bonchev–Trinajstić information content (AvgIpc) is 2.45. The van der Waals surface area contributed by atoms with Crippen molar-refractivity contribution in [1.29, 1.82) is 0 Å². The van der Waals surface area contributed by atoms with Crippen molar-refractivity contribution in [3.63, 3.8) is 0 Å². The van der Waals surface area contributed by atoms with Gasteiger partial charge in [0.25, 0.3) is 0 Å². The molecule has 0 aliphatic carbocycles. The SMILES string of the molecule is CCC[C@@H](NC(=O)N(C)C1CCN(CC)CC1)C(=O)O. The molecule has 1 atom stereocenters. The van der Waals surface area contributed by atoms with Crippen LogP contribution >= 0.6 is 0 Å². The first-order valence-electron chi connectivity index (χ1n) is 7.48. The number of rotatable bonds is 6. The maximum absolute atomic E-state index is 12.1. The molecule has 0 spiro atoms. The van der Waals surface area contributed by atoms with E-state index in [0.717, 1.165) is 38.9 Å². The number of amides is 2. The molecule has 0 radical (unpaired) electrons. The second-order valence-corrected chi connectivity index (χ2v) is 5.41. The van der Waals surface area contributed by atoms with Gasteiger partial charge in [0.2, 0.25) is 0 Å². The van der Waals surface area contributed by atoms with Gasteiger partial charge >= 0.3 is 12.0 Å². The lowest BCUT2D eigenvalue weighted by molar-refractivity contribution is -0.139. The molecular formula is C14H27N3O3. The quantitative estimate of drug-likeness (QED) is 0.773. The van der Waals surface area contributed by atoms with Crippen molar-refractivity contribution in [2.24, 2.45) is 0 Å². The summed E-state index contributed by atoms with van der Waals surface area (Å²) < 4.78 is 0. The molecule has 1 heterocycles. The van der Waals surface area contributed by atoms with Crippen molar-refractivity contribution in [3.05, 3.63) is 0 Å². The molecule has 1 aliphatic rings. The molecule has 1 rings (SSSR count). The zero-order chi connectivity index (χ0) is 15.1. The van der Waals surface area contributed by atoms with Gasteiger partial charge in [0.1, 0.15) is 6.04 Å². The second kappa shape index (κ2) is 8.09. The molecule has 0 unspecified atom stereocenters. The van der Waals surface area contributed by atoms with Gasteiger partial charge in [-0.1, -0.05) is 20.3 Å². The molecule has 2 amide bonds. The summed E-state index contributed by atoms with van der Waals surface area (Å²) in [6.07, 6.45) is 3.09. The minimum Gasteiger partial charge on any atom is -0.480 e. The lowest BCUT2D eigenvalue weighted by Gasteiger charge is -2.36. The monoisotopic (exact) mass is 285 g/mol. The van der Waals surface area contributed by atoms with Crippen molar-refractivity contribution in [2.45, 2.75) is 51.6 Å². The number of aliphatic carboxylic acids is 1. The highest BCUT2D eigenvalue weighted by atomic mass is 16.4. The summed E-state index contributed by atoms with van der Waals surface area (Å²) in [5.74, 6) is -0.964. The predicted octanol–water partition coefficient (Wildman–Crippen LogP) is 1.37. The lowest BCUT2D eigenvalue weighted by atomic mass is 10.0. The molecular weight excluding hydrogens is 258 g/mol. The fraction of sp³-hybridized carbons (Fsp3) is 0.857. The second-order valence-electron chi connectivity index (χ2n) is 5.41. The summed E-state index contributed by atoms with van der Waals surface area (Å²) >= 11 is 0. The molecule has 6 heteroatoms. The molecule has 2 N–H and O–H groups in total. The number of piperidine rings is 1. The average molecular weight is 285 g/mol. The van der Waals surface area contributed by atoms with Crippen molar-refractivity contribution in [2.75, 3.05) is 26.7 Å². The normalized spacial score (nSPS) is 18.6. The van der Waals surface area contributed by atoms with E-state index in [2.05, 4.69) is 17.1 Å². The maximum Gasteiger partial charge on any atom is 0.326 e. The maximum atomic E-state index is 12.1. The third-order valence-electron chi connectivity index (χ3n) is 4.05. The molecule has 0 bridgehead atoms. The number of carbonyl (C=O) groups is 2. The largest absolute Gasteiger partial charge is 0.480 e. The Bertz CT molecular complexity index is 328. The van der Waals surface area contributed by atoms with E-state index in [4.69, 9.17) is 5.11 Å². The van der Waals surface area contributed by atoms with Crippen LogP contribution in [0, 0.1) is 0 Å². The molecule has 0 aromatic rings. The number of carbonyl (C=O) groups excluding carboxylic acids is 1. The summed E-state index contributed by atoms with van der Waals surface area (Å²) in [5.41, 5.74) is 0. The molecule has 20 heavy (non-hydrogen) atoms. The molecule has 0 saturated carbocycles. The first kappa shape index (κ1) is 16.8. The number of hydrogen-bond donors (Lipinski definition) is 2. The Balaban J connectivity index is 2.48. The first-order valence-corrected chi connectivity index (χ1v) is 7.48. The van der Waals surface area contributed by atoms with E-state index in [1.165, 1.54) is 0 Å². The molecule has 1 saturated heterocycles. The van der Waals surface area contributed by atoms with E-state index in [1.54, 1.807) is 11.9 Å². The van der Waals surface area contributed by atoms with Gasteiger partial charge in [-0.2, -0.15) is 0 Å². The first-order chi connectivity index (χ1) is 9.49. The number of urea groups is 1. The molecule has 0 aromatic carbocycles. The van der Waals surface area contributed by atoms with Crippen LogP contribution in [0.4, 0.5) is 4.79 Å². The Morgan fingerprint density at radius 2 is 1.95 bits per heavy atom. The minimum absolute atomic E-state index is 0.203. The Morgan fingerprint density at radius 3 is 2.40 bits per heavy atom. The van der Waals surface area contributed by atoms with Crippen molar-refractivity contribution in [3.8, 4) is 0 Å². The van der Waals surface area contributed by atoms with Gasteiger partial charge < -0.3 is 20.2 Å². The van der Waals surface area contributed by atoms with Crippen LogP contribution in [0.25, 0.3) is 0 Å². The highest BCUT2D eigenvalue weighted by Gasteiger charge is 2.27. The third kappa shape index (κ3) is 4.67. The zero-order valence-corrected chi connectivity index (χ0v) is 12.8. The van der Waals surface area contributed by atoms with Crippen molar-refractivity contribution >= 4 is 12.0 Å². The number of nitrogens with one attached hydrogen (secondary N) is 1. The van der Waals surface area contributed by atoms with Crippen LogP contribution in [-0.4, -0.2) is 65.7 Å². The summed E-state index contributed by atoms with van der Waals surface area (Å²) in [4.78, 5) is 27.2. The van der Waals surface area contributed by atoms with Crippen LogP contribution in [-0.2, 0) is 4.79 Å². The van der Waals surface area contributed by atoms with Gasteiger partial charge in [0.05, 0.1) is 0 Å². The minimum atomic E-state index is -0.964. The van der Waals surface area contributed by atoms with Gasteiger partial charge in [-0.25, -0.2) is 9.59 Å². The lowest BCUT2D eigenvalue weighted by Crippen LogP contribution is -2.52. The van der Waals surface area contributed by atoms with Gasteiger partial charge in [-0.3, -0.25) is 0 Å². The third-order valence-corrected chi connectivity index (χ3v) is 4.05. The van der Waals surface area contributed by atoms with E-state index >= 15 is 0 Å². The molecule has 6 nitrogen and oxygen atoms in total. The smallest absolute Gasteiger partial charge is 0.326 e. The van der Waals surface area contributed by atoms with Crippen LogP contribution < -0.4 is 5.32 Å². The van der Waals surface area contributed by atoms with Crippen LogP contribution in [0.15, 0.2) is 0 Å². The Hall–Kier alpha value is -1.30. The van der Waals surface area contributed by atoms with E-state index in [0.29, 0.717) is 6.42 Å². The fourth-order valence-corrected chi connectivity index (χ4v) is 2.59. The number of carboxylic acid groups (broad SMARTS) is 1. The highest BCUT2D eigenvalue weighted by molar-refractivity contribution is 5.82. The number of likely N-dealkylation sites (tertiary alicyclic amines) is 1. The van der Waals surface area contributed by atoms with Crippen LogP contribution in [0.5, 0.6) is 0 Å². The number of hydrogen-bond acceptors (Lipinski definition) is 3. The summed E-state index contributed by atoms with van der Waals surface area (Å²) in [6.45, 7) is 7.08. The van der Waals surface area contributed by atoms with Crippen LogP contribution in [0.1, 0.15) is 39.5 Å². The highest BCUT2D eigenvalue weighted by Crippen LogP contribution is 2.15. The topological polar surface area (TPSA) is 72.9 Å². The van der Waals surface area contributed by atoms with Crippen LogP contribution in [0.3, 0.4) is 0 Å². The van der Waals surface area contributed by atoms with Crippen LogP contribution in [0.2, 0.25) is 0 Å². The standard InChI is InChI=1S/C14H27N3O3/c1-4-6-12(13(18)19)15-14(20)16(3)11-7-9-17(5-2)10-8-11/h11-12H,4-10H2,1-3H3,(H,15,20)(H,18,19)/t12-/m1/s1. The molecule has 0 aromatic heterocycles. The Morgan fingerprint density at radius 1 is 1.35 bits per heavy atom. The van der Waals surface area contributed by atoms with E-state index in [-0.39, 0.29) is 12.1 Å². The van der Waals surface area contributed by atoms with Crippen molar-refractivity contribution < 1.29 is 14.7 Å². The van der Waals surface area contributed by atoms with E-state index in [9.17, 15) is 9.59 Å². The van der Waals surface area contributed by atoms with Gasteiger partial charge in [0, 0.05) is 26.2 Å². The molecule has 116 valence electrons. The van der Waals surface area contributed by atoms with Gasteiger partial charge in [0.15, 0.2) is 0 Å². The summed E-state index contributed by atoms with van der Waals surface area (Å²) in [6, 6.07) is -0.861.